The van der Waals surface area contributed by atoms with Crippen molar-refractivity contribution in [1.82, 2.24) is 20.1 Å². The van der Waals surface area contributed by atoms with Crippen LogP contribution in [-0.4, -0.2) is 78.2 Å². The van der Waals surface area contributed by atoms with Gasteiger partial charge in [0.1, 0.15) is 11.8 Å². The quantitative estimate of drug-likeness (QED) is 0.541. The second-order valence-electron chi connectivity index (χ2n) is 7.73. The van der Waals surface area contributed by atoms with Crippen LogP contribution in [0.4, 0.5) is 5.69 Å². The minimum absolute atomic E-state index is 0.135. The van der Waals surface area contributed by atoms with Crippen molar-refractivity contribution < 1.29 is 14.4 Å². The van der Waals surface area contributed by atoms with E-state index in [1.165, 1.54) is 0 Å². The van der Waals surface area contributed by atoms with Gasteiger partial charge in [0, 0.05) is 38.8 Å². The summed E-state index contributed by atoms with van der Waals surface area (Å²) < 4.78 is 0. The number of hydrogen-bond acceptors (Lipinski definition) is 6. The van der Waals surface area contributed by atoms with E-state index in [1.807, 2.05) is 0 Å². The number of aromatic nitrogens is 1. The van der Waals surface area contributed by atoms with Gasteiger partial charge in [0.25, 0.3) is 0 Å². The maximum Gasteiger partial charge on any atom is 0.246 e. The van der Waals surface area contributed by atoms with Crippen molar-refractivity contribution in [2.75, 3.05) is 45.1 Å². The van der Waals surface area contributed by atoms with Crippen LogP contribution in [0.3, 0.4) is 0 Å². The van der Waals surface area contributed by atoms with E-state index in [4.69, 9.17) is 0 Å². The Hall–Kier alpha value is -2.32. The third kappa shape index (κ3) is 9.15. The van der Waals surface area contributed by atoms with Gasteiger partial charge in [0.15, 0.2) is 0 Å². The predicted molar refractivity (Wildman–Crippen MR) is 113 cm³/mol. The molecule has 0 saturated carbocycles. The normalized spacial score (nSPS) is 16.2. The maximum atomic E-state index is 12.7. The summed E-state index contributed by atoms with van der Waals surface area (Å²) in [7, 11) is 2.07. The first-order valence-corrected chi connectivity index (χ1v) is 10.3. The number of ketones is 1. The summed E-state index contributed by atoms with van der Waals surface area (Å²) in [5.74, 6) is -0.197. The Balaban J connectivity index is 1.87. The molecule has 0 aliphatic carbocycles. The Bertz CT molecular complexity index is 660. The van der Waals surface area contributed by atoms with E-state index >= 15 is 0 Å². The van der Waals surface area contributed by atoms with Crippen molar-refractivity contribution >= 4 is 23.3 Å². The molecule has 8 nitrogen and oxygen atoms in total. The number of nitrogens with one attached hydrogen (secondary N) is 2. The Labute approximate surface area is 173 Å². The van der Waals surface area contributed by atoms with Crippen LogP contribution in [0.1, 0.15) is 39.0 Å². The summed E-state index contributed by atoms with van der Waals surface area (Å²) in [4.78, 5) is 44.7. The fraction of sp³-hybridized carbons (Fsp3) is 0.619. The molecule has 2 N–H and O–H groups in total. The minimum atomic E-state index is -0.604. The molecule has 1 aromatic rings. The van der Waals surface area contributed by atoms with Crippen LogP contribution in [0.15, 0.2) is 24.5 Å². The van der Waals surface area contributed by atoms with Crippen molar-refractivity contribution in [2.45, 2.75) is 45.1 Å². The molecule has 1 atom stereocenters. The molecule has 0 aromatic carbocycles. The van der Waals surface area contributed by atoms with Gasteiger partial charge in [-0.3, -0.25) is 19.5 Å². The van der Waals surface area contributed by atoms with Crippen LogP contribution < -0.4 is 10.6 Å². The number of unbranched alkanes of at least 4 members (excludes halogenated alkanes) is 2. The number of piperazine rings is 1. The van der Waals surface area contributed by atoms with Gasteiger partial charge in [-0.05, 0) is 38.9 Å². The minimum Gasteiger partial charge on any atom is -0.343 e. The first-order valence-electron chi connectivity index (χ1n) is 10.3. The van der Waals surface area contributed by atoms with Crippen LogP contribution in [0, 0.1) is 0 Å². The summed E-state index contributed by atoms with van der Waals surface area (Å²) in [6.07, 6.45) is 6.74. The van der Waals surface area contributed by atoms with E-state index in [2.05, 4.69) is 32.5 Å². The second-order valence-corrected chi connectivity index (χ2v) is 7.73. The molecule has 2 heterocycles. The molecule has 1 saturated heterocycles. The lowest BCUT2D eigenvalue weighted by Crippen LogP contribution is -2.51. The second kappa shape index (κ2) is 12.3. The van der Waals surface area contributed by atoms with Gasteiger partial charge < -0.3 is 20.3 Å². The topological polar surface area (TPSA) is 94.6 Å². The first-order chi connectivity index (χ1) is 13.9. The van der Waals surface area contributed by atoms with E-state index in [-0.39, 0.29) is 17.6 Å². The highest BCUT2D eigenvalue weighted by Gasteiger charge is 2.23. The van der Waals surface area contributed by atoms with Crippen LogP contribution in [0.5, 0.6) is 0 Å². The molecule has 2 amide bonds. The van der Waals surface area contributed by atoms with E-state index in [1.54, 1.807) is 31.5 Å². The van der Waals surface area contributed by atoms with E-state index in [0.29, 0.717) is 25.1 Å². The molecular weight excluding hydrogens is 370 g/mol. The summed E-state index contributed by atoms with van der Waals surface area (Å²) in [5, 5.41) is 5.73. The zero-order valence-electron chi connectivity index (χ0n) is 17.5. The number of pyridine rings is 1. The zero-order chi connectivity index (χ0) is 21.1. The smallest absolute Gasteiger partial charge is 0.246 e. The Kier molecular flexibility index (Phi) is 9.73. The highest BCUT2D eigenvalue weighted by atomic mass is 16.2. The number of carbonyl (C=O) groups excluding carboxylic acids is 3. The van der Waals surface area contributed by atoms with Gasteiger partial charge in [0.2, 0.25) is 11.8 Å². The van der Waals surface area contributed by atoms with Crippen molar-refractivity contribution in [1.29, 1.82) is 0 Å². The van der Waals surface area contributed by atoms with Crippen molar-refractivity contribution in [3.05, 3.63) is 24.5 Å². The average Bonchev–Trinajstić information content (AvgIpc) is 2.69. The molecular formula is C21H33N5O3. The van der Waals surface area contributed by atoms with E-state index < -0.39 is 6.04 Å². The Morgan fingerprint density at radius 1 is 1.14 bits per heavy atom. The fourth-order valence-corrected chi connectivity index (χ4v) is 3.28. The van der Waals surface area contributed by atoms with E-state index in [9.17, 15) is 14.4 Å². The predicted octanol–water partition coefficient (Wildman–Crippen LogP) is 1.29. The molecule has 0 bridgehead atoms. The van der Waals surface area contributed by atoms with Gasteiger partial charge in [0.05, 0.1) is 18.4 Å². The monoisotopic (exact) mass is 403 g/mol. The molecule has 0 radical (unpaired) electrons. The van der Waals surface area contributed by atoms with Crippen molar-refractivity contribution in [3.8, 4) is 0 Å². The highest BCUT2D eigenvalue weighted by molar-refractivity contribution is 5.97. The molecule has 1 aromatic heterocycles. The third-order valence-corrected chi connectivity index (χ3v) is 5.07. The van der Waals surface area contributed by atoms with Crippen molar-refractivity contribution in [2.24, 2.45) is 0 Å². The molecule has 160 valence electrons. The van der Waals surface area contributed by atoms with Gasteiger partial charge in [-0.25, -0.2) is 0 Å². The molecule has 8 heteroatoms. The lowest BCUT2D eigenvalue weighted by Gasteiger charge is -2.32. The lowest BCUT2D eigenvalue weighted by molar-refractivity contribution is -0.127. The number of likely N-dealkylation sites (N-methyl/N-ethyl adjacent to an activating group) is 1. The SMILES string of the molecule is CC(=O)CCCCC[C@H](NC(=O)CN1CCN(C)CC1)C(=O)Nc1cccnc1. The number of anilines is 1. The van der Waals surface area contributed by atoms with Crippen LogP contribution >= 0.6 is 0 Å². The number of rotatable bonds is 11. The molecule has 2 rings (SSSR count). The maximum absolute atomic E-state index is 12.7. The van der Waals surface area contributed by atoms with Gasteiger partial charge in [-0.1, -0.05) is 12.8 Å². The number of amides is 2. The summed E-state index contributed by atoms with van der Waals surface area (Å²) >= 11 is 0. The standard InChI is InChI=1S/C21H33N5O3/c1-17(27)7-4-3-5-9-19(21(29)23-18-8-6-10-22-15-18)24-20(28)16-26-13-11-25(2)12-14-26/h6,8,10,15,19H,3-5,7,9,11-14,16H2,1-2H3,(H,23,29)(H,24,28)/t19-/m0/s1. The Morgan fingerprint density at radius 2 is 1.90 bits per heavy atom. The number of hydrogen-bond donors (Lipinski definition) is 2. The van der Waals surface area contributed by atoms with Gasteiger partial charge >= 0.3 is 0 Å². The summed E-state index contributed by atoms with van der Waals surface area (Å²) in [5.41, 5.74) is 0.604. The van der Waals surface area contributed by atoms with Crippen molar-refractivity contribution in [3.63, 3.8) is 0 Å². The molecule has 0 unspecified atom stereocenters. The zero-order valence-corrected chi connectivity index (χ0v) is 17.5. The van der Waals surface area contributed by atoms with Gasteiger partial charge in [-0.2, -0.15) is 0 Å². The molecule has 29 heavy (non-hydrogen) atoms. The fourth-order valence-electron chi connectivity index (χ4n) is 3.28. The van der Waals surface area contributed by atoms with Crippen LogP contribution in [0.25, 0.3) is 0 Å². The molecule has 1 aliphatic heterocycles. The third-order valence-electron chi connectivity index (χ3n) is 5.07. The number of nitrogens with zero attached hydrogens (tertiary/aromatic N) is 3. The van der Waals surface area contributed by atoms with Gasteiger partial charge in [-0.15, -0.1) is 0 Å². The number of Topliss-reactive ketones (excluding diaryl/α,β-unsaturated/α-hetero) is 1. The van der Waals surface area contributed by atoms with Crippen LogP contribution in [-0.2, 0) is 14.4 Å². The molecule has 1 aliphatic rings. The molecule has 0 spiro atoms. The average molecular weight is 404 g/mol. The first kappa shape index (κ1) is 23.0. The summed E-state index contributed by atoms with van der Waals surface area (Å²) in [6, 6.07) is 2.91. The Morgan fingerprint density at radius 3 is 2.55 bits per heavy atom. The summed E-state index contributed by atoms with van der Waals surface area (Å²) in [6.45, 7) is 5.46. The number of carbonyl (C=O) groups is 3. The van der Waals surface area contributed by atoms with Crippen LogP contribution in [0.2, 0.25) is 0 Å². The molecule has 1 fully saturated rings. The highest BCUT2D eigenvalue weighted by Crippen LogP contribution is 2.10. The largest absolute Gasteiger partial charge is 0.343 e. The lowest BCUT2D eigenvalue weighted by atomic mass is 10.1. The van der Waals surface area contributed by atoms with E-state index in [0.717, 1.165) is 45.4 Å².